The molecule has 2 N–H and O–H groups in total. The fourth-order valence-electron chi connectivity index (χ4n) is 2.54. The second-order valence-corrected chi connectivity index (χ2v) is 5.82. The molecule has 1 aromatic carbocycles. The average Bonchev–Trinajstić information content (AvgIpc) is 2.41. The van der Waals surface area contributed by atoms with E-state index in [2.05, 4.69) is 6.92 Å². The molecule has 4 nitrogen and oxygen atoms in total. The van der Waals surface area contributed by atoms with Gasteiger partial charge in [0.1, 0.15) is 0 Å². The van der Waals surface area contributed by atoms with Crippen molar-refractivity contribution in [3.8, 4) is 0 Å². The molecule has 0 spiro atoms. The standard InChI is InChI=1S/C15H19ClN2O2/c1-10-2-3-12(15(17)20)8-18(10)9-14(19)11-4-6-13(16)7-5-11/h4-7,10,12H,2-3,8-9H2,1H3,(H2,17,20). The number of hydrogen-bond acceptors (Lipinski definition) is 3. The molecular formula is C15H19ClN2O2. The Hall–Kier alpha value is -1.39. The monoisotopic (exact) mass is 294 g/mol. The fraction of sp³-hybridized carbons (Fsp3) is 0.467. The van der Waals surface area contributed by atoms with Gasteiger partial charge in [-0.3, -0.25) is 14.5 Å². The number of carbonyl (C=O) groups is 2. The van der Waals surface area contributed by atoms with Gasteiger partial charge < -0.3 is 5.73 Å². The predicted molar refractivity (Wildman–Crippen MR) is 78.7 cm³/mol. The van der Waals surface area contributed by atoms with Gasteiger partial charge in [0, 0.05) is 23.2 Å². The third-order valence-electron chi connectivity index (χ3n) is 3.93. The molecule has 0 saturated carbocycles. The van der Waals surface area contributed by atoms with Crippen LogP contribution in [0, 0.1) is 5.92 Å². The first-order valence-electron chi connectivity index (χ1n) is 6.79. The number of piperidine rings is 1. The van der Waals surface area contributed by atoms with E-state index in [1.54, 1.807) is 24.3 Å². The highest BCUT2D eigenvalue weighted by Gasteiger charge is 2.29. The van der Waals surface area contributed by atoms with E-state index in [0.29, 0.717) is 29.7 Å². The summed E-state index contributed by atoms with van der Waals surface area (Å²) in [6.07, 6.45) is 1.70. The molecule has 2 atom stereocenters. The maximum absolute atomic E-state index is 12.2. The van der Waals surface area contributed by atoms with Crippen molar-refractivity contribution < 1.29 is 9.59 Å². The Bertz CT molecular complexity index is 501. The lowest BCUT2D eigenvalue weighted by molar-refractivity contribution is -0.123. The predicted octanol–water partition coefficient (Wildman–Crippen LogP) is 2.11. The van der Waals surface area contributed by atoms with Crippen LogP contribution in [-0.2, 0) is 4.79 Å². The number of benzene rings is 1. The maximum atomic E-state index is 12.2. The molecule has 2 rings (SSSR count). The van der Waals surface area contributed by atoms with Gasteiger partial charge in [-0.05, 0) is 44.0 Å². The van der Waals surface area contributed by atoms with Crippen molar-refractivity contribution in [2.75, 3.05) is 13.1 Å². The van der Waals surface area contributed by atoms with E-state index >= 15 is 0 Å². The lowest BCUT2D eigenvalue weighted by atomic mass is 9.92. The second kappa shape index (κ2) is 6.37. The summed E-state index contributed by atoms with van der Waals surface area (Å²) in [5.74, 6) is -0.385. The van der Waals surface area contributed by atoms with Gasteiger partial charge in [-0.1, -0.05) is 11.6 Å². The van der Waals surface area contributed by atoms with E-state index in [9.17, 15) is 9.59 Å². The van der Waals surface area contributed by atoms with Crippen LogP contribution in [0.3, 0.4) is 0 Å². The molecule has 0 aliphatic carbocycles. The molecule has 1 saturated heterocycles. The SMILES string of the molecule is CC1CCC(C(N)=O)CN1CC(=O)c1ccc(Cl)cc1. The number of amides is 1. The molecule has 2 unspecified atom stereocenters. The van der Waals surface area contributed by atoms with Crippen molar-refractivity contribution in [3.05, 3.63) is 34.9 Å². The number of primary amides is 1. The topological polar surface area (TPSA) is 63.4 Å². The summed E-state index contributed by atoms with van der Waals surface area (Å²) < 4.78 is 0. The Morgan fingerprint density at radius 3 is 2.55 bits per heavy atom. The summed E-state index contributed by atoms with van der Waals surface area (Å²) in [4.78, 5) is 25.6. The van der Waals surface area contributed by atoms with E-state index in [-0.39, 0.29) is 17.6 Å². The second-order valence-electron chi connectivity index (χ2n) is 5.39. The third kappa shape index (κ3) is 3.58. The largest absolute Gasteiger partial charge is 0.369 e. The zero-order chi connectivity index (χ0) is 14.7. The van der Waals surface area contributed by atoms with Gasteiger partial charge in [-0.2, -0.15) is 0 Å². The summed E-state index contributed by atoms with van der Waals surface area (Å²) in [6.45, 7) is 2.95. The van der Waals surface area contributed by atoms with Crippen molar-refractivity contribution in [1.29, 1.82) is 0 Å². The van der Waals surface area contributed by atoms with Crippen LogP contribution in [-0.4, -0.2) is 35.7 Å². The first kappa shape index (κ1) is 15.0. The van der Waals surface area contributed by atoms with Crippen molar-refractivity contribution in [1.82, 2.24) is 4.90 Å². The Balaban J connectivity index is 2.02. The quantitative estimate of drug-likeness (QED) is 0.865. The number of ketones is 1. The van der Waals surface area contributed by atoms with E-state index in [4.69, 9.17) is 17.3 Å². The Morgan fingerprint density at radius 2 is 1.95 bits per heavy atom. The molecule has 5 heteroatoms. The van der Waals surface area contributed by atoms with Crippen LogP contribution in [0.4, 0.5) is 0 Å². The Kier molecular flexibility index (Phi) is 4.78. The number of nitrogens with zero attached hydrogens (tertiary/aromatic N) is 1. The summed E-state index contributed by atoms with van der Waals surface area (Å²) in [6, 6.07) is 7.17. The molecule has 20 heavy (non-hydrogen) atoms. The third-order valence-corrected chi connectivity index (χ3v) is 4.18. The fourth-order valence-corrected chi connectivity index (χ4v) is 2.67. The molecule has 1 aromatic rings. The molecule has 1 fully saturated rings. The molecular weight excluding hydrogens is 276 g/mol. The first-order chi connectivity index (χ1) is 9.47. The normalized spacial score (nSPS) is 23.5. The summed E-state index contributed by atoms with van der Waals surface area (Å²) in [7, 11) is 0. The lowest BCUT2D eigenvalue weighted by Crippen LogP contribution is -2.47. The zero-order valence-corrected chi connectivity index (χ0v) is 12.3. The smallest absolute Gasteiger partial charge is 0.221 e. The van der Waals surface area contributed by atoms with Gasteiger partial charge in [-0.15, -0.1) is 0 Å². The first-order valence-corrected chi connectivity index (χ1v) is 7.17. The van der Waals surface area contributed by atoms with Crippen molar-refractivity contribution >= 4 is 23.3 Å². The Labute approximate surface area is 123 Å². The number of rotatable bonds is 4. The molecule has 1 aliphatic rings. The van der Waals surface area contributed by atoms with E-state index < -0.39 is 0 Å². The summed E-state index contributed by atoms with van der Waals surface area (Å²) >= 11 is 5.81. The van der Waals surface area contributed by atoms with E-state index in [1.807, 2.05) is 4.90 Å². The number of nitrogens with two attached hydrogens (primary N) is 1. The molecule has 1 heterocycles. The van der Waals surface area contributed by atoms with Gasteiger partial charge in [-0.25, -0.2) is 0 Å². The van der Waals surface area contributed by atoms with Crippen molar-refractivity contribution in [2.24, 2.45) is 11.7 Å². The lowest BCUT2D eigenvalue weighted by Gasteiger charge is -2.36. The minimum atomic E-state index is -0.277. The highest BCUT2D eigenvalue weighted by atomic mass is 35.5. The van der Waals surface area contributed by atoms with Crippen molar-refractivity contribution in [3.63, 3.8) is 0 Å². The highest BCUT2D eigenvalue weighted by molar-refractivity contribution is 6.30. The van der Waals surface area contributed by atoms with Crippen LogP contribution in [0.25, 0.3) is 0 Å². The van der Waals surface area contributed by atoms with Crippen LogP contribution in [0.5, 0.6) is 0 Å². The molecule has 108 valence electrons. The van der Waals surface area contributed by atoms with Gasteiger partial charge in [0.15, 0.2) is 5.78 Å². The Morgan fingerprint density at radius 1 is 1.30 bits per heavy atom. The highest BCUT2D eigenvalue weighted by Crippen LogP contribution is 2.22. The summed E-state index contributed by atoms with van der Waals surface area (Å²) in [5.41, 5.74) is 6.01. The van der Waals surface area contributed by atoms with E-state index in [1.165, 1.54) is 0 Å². The maximum Gasteiger partial charge on any atom is 0.221 e. The minimum Gasteiger partial charge on any atom is -0.369 e. The van der Waals surface area contributed by atoms with Crippen LogP contribution in [0.2, 0.25) is 5.02 Å². The molecule has 1 amide bonds. The number of Topliss-reactive ketones (excluding diaryl/α,β-unsaturated/α-hetero) is 1. The van der Waals surface area contributed by atoms with Crippen LogP contribution in [0.1, 0.15) is 30.1 Å². The van der Waals surface area contributed by atoms with Crippen LogP contribution in [0.15, 0.2) is 24.3 Å². The number of carbonyl (C=O) groups excluding carboxylic acids is 2. The van der Waals surface area contributed by atoms with Gasteiger partial charge in [0.2, 0.25) is 5.91 Å². The molecule has 0 aromatic heterocycles. The molecule has 1 aliphatic heterocycles. The van der Waals surface area contributed by atoms with E-state index in [0.717, 1.165) is 12.8 Å². The van der Waals surface area contributed by atoms with Crippen molar-refractivity contribution in [2.45, 2.75) is 25.8 Å². The average molecular weight is 295 g/mol. The van der Waals surface area contributed by atoms with Gasteiger partial charge in [0.05, 0.1) is 12.5 Å². The minimum absolute atomic E-state index is 0.0404. The summed E-state index contributed by atoms with van der Waals surface area (Å²) in [5, 5.41) is 0.613. The molecule has 0 radical (unpaired) electrons. The zero-order valence-electron chi connectivity index (χ0n) is 11.5. The number of halogens is 1. The molecule has 0 bridgehead atoms. The van der Waals surface area contributed by atoms with Gasteiger partial charge >= 0.3 is 0 Å². The van der Waals surface area contributed by atoms with Crippen LogP contribution >= 0.6 is 11.6 Å². The van der Waals surface area contributed by atoms with Gasteiger partial charge in [0.25, 0.3) is 0 Å². The van der Waals surface area contributed by atoms with Crippen LogP contribution < -0.4 is 5.73 Å². The number of likely N-dealkylation sites (tertiary alicyclic amines) is 1. The number of hydrogen-bond donors (Lipinski definition) is 1.